The fourth-order valence-corrected chi connectivity index (χ4v) is 2.51. The van der Waals surface area contributed by atoms with Gasteiger partial charge in [0.25, 0.3) is 0 Å². The van der Waals surface area contributed by atoms with Crippen molar-refractivity contribution in [3.8, 4) is 0 Å². The van der Waals surface area contributed by atoms with E-state index in [1.807, 2.05) is 30.4 Å². The Kier molecular flexibility index (Phi) is 10.9. The summed E-state index contributed by atoms with van der Waals surface area (Å²) < 4.78 is 5.47. The maximum Gasteiger partial charge on any atom is 0.303 e. The summed E-state index contributed by atoms with van der Waals surface area (Å²) in [5.74, 6) is -0.0861. The van der Waals surface area contributed by atoms with Crippen molar-refractivity contribution in [2.24, 2.45) is 5.92 Å². The minimum Gasteiger partial charge on any atom is -0.481 e. The van der Waals surface area contributed by atoms with Crippen LogP contribution in [0.4, 0.5) is 0 Å². The molecule has 0 aliphatic carbocycles. The number of rotatable bonds is 13. The lowest BCUT2D eigenvalue weighted by molar-refractivity contribution is -0.137. The molecule has 0 radical (unpaired) electrons. The monoisotopic (exact) mass is 332 g/mol. The van der Waals surface area contributed by atoms with E-state index in [1.54, 1.807) is 0 Å². The van der Waals surface area contributed by atoms with Crippen molar-refractivity contribution in [3.05, 3.63) is 48.6 Å². The molecule has 1 aliphatic heterocycles. The van der Waals surface area contributed by atoms with Crippen molar-refractivity contribution in [1.82, 2.24) is 0 Å². The number of carbonyl (C=O) groups is 1. The Labute approximate surface area is 146 Å². The second kappa shape index (κ2) is 12.8. The van der Waals surface area contributed by atoms with Gasteiger partial charge in [-0.3, -0.25) is 4.79 Å². The Balaban J connectivity index is 2.07. The number of epoxide rings is 1. The van der Waals surface area contributed by atoms with Crippen molar-refractivity contribution >= 4 is 5.97 Å². The molecule has 24 heavy (non-hydrogen) atoms. The topological polar surface area (TPSA) is 49.8 Å². The lowest BCUT2D eigenvalue weighted by atomic mass is 10.0. The Morgan fingerprint density at radius 2 is 1.79 bits per heavy atom. The van der Waals surface area contributed by atoms with Gasteiger partial charge in [-0.05, 0) is 25.2 Å². The molecule has 0 aromatic heterocycles. The number of unbranched alkanes of at least 4 members (excludes halogenated alkanes) is 2. The summed E-state index contributed by atoms with van der Waals surface area (Å²) in [5.41, 5.74) is 0. The van der Waals surface area contributed by atoms with Gasteiger partial charge in [0, 0.05) is 6.42 Å². The predicted molar refractivity (Wildman–Crippen MR) is 100 cm³/mol. The van der Waals surface area contributed by atoms with Crippen LogP contribution in [-0.4, -0.2) is 23.3 Å². The van der Waals surface area contributed by atoms with Gasteiger partial charge in [0.05, 0.1) is 6.10 Å². The molecule has 1 N–H and O–H groups in total. The molecule has 1 rings (SSSR count). The van der Waals surface area contributed by atoms with Gasteiger partial charge in [-0.1, -0.05) is 81.7 Å². The fourth-order valence-electron chi connectivity index (χ4n) is 2.51. The van der Waals surface area contributed by atoms with Gasteiger partial charge in [-0.2, -0.15) is 0 Å². The maximum atomic E-state index is 10.4. The Morgan fingerprint density at radius 3 is 2.50 bits per heavy atom. The number of hydrogen-bond acceptors (Lipinski definition) is 2. The van der Waals surface area contributed by atoms with Crippen LogP contribution in [0.1, 0.15) is 58.8 Å². The predicted octanol–water partition coefficient (Wildman–Crippen LogP) is 5.45. The van der Waals surface area contributed by atoms with E-state index in [0.29, 0.717) is 12.3 Å². The van der Waals surface area contributed by atoms with Crippen LogP contribution >= 0.6 is 0 Å². The smallest absolute Gasteiger partial charge is 0.303 e. The van der Waals surface area contributed by atoms with Crippen LogP contribution in [0.2, 0.25) is 0 Å². The number of ether oxygens (including phenoxy) is 1. The molecule has 0 aromatic rings. The zero-order valence-corrected chi connectivity index (χ0v) is 15.1. The van der Waals surface area contributed by atoms with Crippen LogP contribution in [0.5, 0.6) is 0 Å². The van der Waals surface area contributed by atoms with E-state index in [4.69, 9.17) is 9.84 Å². The molecule has 3 heteroatoms. The zero-order valence-electron chi connectivity index (χ0n) is 15.1. The standard InChI is InChI=1S/C21H32O3/c1-3-4-9-13-18(2)14-10-7-5-6-8-11-15-19-20(24-19)16-12-17-21(22)23/h5-8,10-11,14-15,18-20H,3-4,9,12-13,16-17H2,1-2H3,(H,22,23)/b7-5-,8-6+,14-10+,15-11+/t18-,19+,20-/m0/s1. The number of hydrogen-bond donors (Lipinski definition) is 1. The molecule has 0 saturated carbocycles. The second-order valence-corrected chi connectivity index (χ2v) is 6.44. The lowest BCUT2D eigenvalue weighted by Crippen LogP contribution is -1.97. The second-order valence-electron chi connectivity index (χ2n) is 6.44. The van der Waals surface area contributed by atoms with Crippen molar-refractivity contribution in [2.45, 2.75) is 71.0 Å². The molecule has 0 aromatic carbocycles. The van der Waals surface area contributed by atoms with Crippen LogP contribution < -0.4 is 0 Å². The molecule has 0 amide bonds. The summed E-state index contributed by atoms with van der Waals surface area (Å²) in [5, 5.41) is 8.58. The average molecular weight is 332 g/mol. The van der Waals surface area contributed by atoms with Gasteiger partial charge in [0.2, 0.25) is 0 Å². The summed E-state index contributed by atoms with van der Waals surface area (Å²) in [6.45, 7) is 4.50. The first-order valence-electron chi connectivity index (χ1n) is 9.19. The molecule has 1 fully saturated rings. The van der Waals surface area contributed by atoms with Crippen molar-refractivity contribution in [1.29, 1.82) is 0 Å². The highest BCUT2D eigenvalue weighted by molar-refractivity contribution is 5.66. The minimum atomic E-state index is -0.734. The quantitative estimate of drug-likeness (QED) is 0.277. The van der Waals surface area contributed by atoms with E-state index >= 15 is 0 Å². The molecular formula is C21H32O3. The van der Waals surface area contributed by atoms with Crippen molar-refractivity contribution < 1.29 is 14.6 Å². The molecular weight excluding hydrogens is 300 g/mol. The van der Waals surface area contributed by atoms with Crippen LogP contribution in [-0.2, 0) is 9.53 Å². The zero-order chi connectivity index (χ0) is 17.6. The van der Waals surface area contributed by atoms with Crippen LogP contribution in [0.15, 0.2) is 48.6 Å². The number of carboxylic acids is 1. The maximum absolute atomic E-state index is 10.4. The normalized spacial score (nSPS) is 22.2. The molecule has 134 valence electrons. The average Bonchev–Trinajstić information content (AvgIpc) is 3.28. The molecule has 1 aliphatic rings. The Hall–Kier alpha value is -1.61. The number of aliphatic carboxylic acids is 1. The van der Waals surface area contributed by atoms with E-state index in [-0.39, 0.29) is 18.6 Å². The van der Waals surface area contributed by atoms with E-state index in [1.165, 1.54) is 25.7 Å². The minimum absolute atomic E-state index is 0.163. The summed E-state index contributed by atoms with van der Waals surface area (Å²) in [4.78, 5) is 10.4. The molecule has 0 unspecified atom stereocenters. The number of allylic oxidation sites excluding steroid dienone is 7. The third-order valence-electron chi connectivity index (χ3n) is 4.06. The van der Waals surface area contributed by atoms with Crippen LogP contribution in [0.3, 0.4) is 0 Å². The SMILES string of the molecule is CCCCC[C@H](C)/C=C/C=C\C=C\C=C\[C@H]1O[C@H]1CCCC(=O)O. The van der Waals surface area contributed by atoms with E-state index in [0.717, 1.165) is 6.42 Å². The third kappa shape index (κ3) is 11.0. The summed E-state index contributed by atoms with van der Waals surface area (Å²) in [6, 6.07) is 0. The van der Waals surface area contributed by atoms with Gasteiger partial charge in [-0.25, -0.2) is 0 Å². The van der Waals surface area contributed by atoms with E-state index in [2.05, 4.69) is 32.1 Å². The molecule has 3 nitrogen and oxygen atoms in total. The van der Waals surface area contributed by atoms with E-state index in [9.17, 15) is 4.79 Å². The van der Waals surface area contributed by atoms with Gasteiger partial charge in [-0.15, -0.1) is 0 Å². The van der Waals surface area contributed by atoms with Gasteiger partial charge in [0.1, 0.15) is 6.10 Å². The number of carboxylic acid groups (broad SMARTS) is 1. The Bertz CT molecular complexity index is 460. The largest absolute Gasteiger partial charge is 0.481 e. The molecule has 3 atom stereocenters. The molecule has 0 bridgehead atoms. The highest BCUT2D eigenvalue weighted by Gasteiger charge is 2.35. The van der Waals surface area contributed by atoms with Gasteiger partial charge < -0.3 is 9.84 Å². The first-order chi connectivity index (χ1) is 11.6. The molecule has 1 saturated heterocycles. The van der Waals surface area contributed by atoms with Crippen LogP contribution in [0, 0.1) is 5.92 Å². The van der Waals surface area contributed by atoms with E-state index < -0.39 is 5.97 Å². The first-order valence-corrected chi connectivity index (χ1v) is 9.19. The summed E-state index contributed by atoms with van der Waals surface area (Å²) in [6.07, 6.45) is 23.8. The highest BCUT2D eigenvalue weighted by Crippen LogP contribution is 2.28. The van der Waals surface area contributed by atoms with Crippen molar-refractivity contribution in [3.63, 3.8) is 0 Å². The van der Waals surface area contributed by atoms with Gasteiger partial charge >= 0.3 is 5.97 Å². The molecule has 1 heterocycles. The lowest BCUT2D eigenvalue weighted by Gasteiger charge is -2.03. The first kappa shape index (κ1) is 20.4. The van der Waals surface area contributed by atoms with Crippen molar-refractivity contribution in [2.75, 3.05) is 0 Å². The third-order valence-corrected chi connectivity index (χ3v) is 4.06. The Morgan fingerprint density at radius 1 is 1.08 bits per heavy atom. The summed E-state index contributed by atoms with van der Waals surface area (Å²) in [7, 11) is 0. The van der Waals surface area contributed by atoms with Crippen LogP contribution in [0.25, 0.3) is 0 Å². The summed E-state index contributed by atoms with van der Waals surface area (Å²) >= 11 is 0. The highest BCUT2D eigenvalue weighted by atomic mass is 16.6. The van der Waals surface area contributed by atoms with Gasteiger partial charge in [0.15, 0.2) is 0 Å². The molecule has 0 spiro atoms. The fraction of sp³-hybridized carbons (Fsp3) is 0.571.